The lowest BCUT2D eigenvalue weighted by Gasteiger charge is -2.21. The van der Waals surface area contributed by atoms with Crippen molar-refractivity contribution in [1.82, 2.24) is 4.98 Å². The molecule has 0 N–H and O–H groups in total. The van der Waals surface area contributed by atoms with E-state index >= 15 is 0 Å². The molecule has 0 saturated carbocycles. The van der Waals surface area contributed by atoms with Crippen LogP contribution in [0.15, 0.2) is 53.7 Å². The molecule has 1 atom stereocenters. The van der Waals surface area contributed by atoms with Crippen LogP contribution in [0.2, 0.25) is 0 Å². The molecule has 1 aliphatic heterocycles. The van der Waals surface area contributed by atoms with Gasteiger partial charge in [0.2, 0.25) is 0 Å². The van der Waals surface area contributed by atoms with Crippen LogP contribution in [0.3, 0.4) is 0 Å². The van der Waals surface area contributed by atoms with Gasteiger partial charge in [0, 0.05) is 35.0 Å². The van der Waals surface area contributed by atoms with E-state index in [1.54, 1.807) is 6.07 Å². The number of sulfone groups is 1. The maximum Gasteiger partial charge on any atom is 0.330 e. The smallest absolute Gasteiger partial charge is 0.291 e. The van der Waals surface area contributed by atoms with Crippen molar-refractivity contribution in [3.63, 3.8) is 0 Å². The molecule has 30 heavy (non-hydrogen) atoms. The molecule has 1 aliphatic rings. The number of rotatable bonds is 3. The van der Waals surface area contributed by atoms with Crippen molar-refractivity contribution >= 4 is 38.0 Å². The van der Waals surface area contributed by atoms with E-state index in [0.29, 0.717) is 10.8 Å². The van der Waals surface area contributed by atoms with E-state index in [0.717, 1.165) is 23.3 Å². The van der Waals surface area contributed by atoms with Crippen LogP contribution in [0.5, 0.6) is 0 Å². The molecule has 0 aliphatic carbocycles. The zero-order valence-electron chi connectivity index (χ0n) is 15.6. The lowest BCUT2D eigenvalue weighted by molar-refractivity contribution is 0.255. The van der Waals surface area contributed by atoms with Gasteiger partial charge in [-0.05, 0) is 24.3 Å². The summed E-state index contributed by atoms with van der Waals surface area (Å²) < 4.78 is 50.9. The van der Waals surface area contributed by atoms with E-state index in [2.05, 4.69) is 4.98 Å². The van der Waals surface area contributed by atoms with Crippen LogP contribution < -0.4 is 9.80 Å². The minimum atomic E-state index is -3.51. The van der Waals surface area contributed by atoms with E-state index in [1.807, 2.05) is 6.07 Å². The van der Waals surface area contributed by atoms with Crippen molar-refractivity contribution in [3.05, 3.63) is 60.4 Å². The number of pyridine rings is 1. The summed E-state index contributed by atoms with van der Waals surface area (Å²) in [6.45, 7) is -0.0808. The predicted octanol–water partition coefficient (Wildman–Crippen LogP) is 3.26. The maximum absolute atomic E-state index is 13.7. The summed E-state index contributed by atoms with van der Waals surface area (Å²) in [5.41, 5.74) is 0.353. The minimum absolute atomic E-state index is 0.0556. The van der Waals surface area contributed by atoms with E-state index in [4.69, 9.17) is 0 Å². The average molecular weight is 428 g/mol. The number of anilines is 2. The Balaban J connectivity index is 1.85. The van der Waals surface area contributed by atoms with E-state index < -0.39 is 33.5 Å². The Kier molecular flexibility index (Phi) is 4.63. The molecule has 2 heterocycles. The second-order valence-electron chi connectivity index (χ2n) is 6.82. The van der Waals surface area contributed by atoms with E-state index in [1.165, 1.54) is 35.5 Å². The minimum Gasteiger partial charge on any atom is -0.291 e. The Labute approximate surface area is 170 Å². The molecule has 1 unspecified atom stereocenters. The first kappa shape index (κ1) is 19.7. The predicted molar refractivity (Wildman–Crippen MR) is 106 cm³/mol. The number of urea groups is 1. The second-order valence-corrected chi connectivity index (χ2v) is 8.84. The summed E-state index contributed by atoms with van der Waals surface area (Å²) in [6.07, 6.45) is 3.95. The van der Waals surface area contributed by atoms with Crippen LogP contribution in [-0.2, 0) is 9.84 Å². The second kappa shape index (κ2) is 7.03. The van der Waals surface area contributed by atoms with Crippen molar-refractivity contribution in [2.75, 3.05) is 22.6 Å². The lowest BCUT2D eigenvalue weighted by atomic mass is 10.1. The summed E-state index contributed by atoms with van der Waals surface area (Å²) in [6, 6.07) is 7.91. The maximum atomic E-state index is 13.7. The number of hydrogen-bond acceptors (Lipinski definition) is 5. The topological polar surface area (TPSA) is 94.4 Å². The number of aromatic nitrogens is 1. The van der Waals surface area contributed by atoms with Gasteiger partial charge in [-0.15, -0.1) is 0 Å². The average Bonchev–Trinajstić information content (AvgIpc) is 3.04. The monoisotopic (exact) mass is 428 g/mol. The fourth-order valence-corrected chi connectivity index (χ4v) is 4.03. The Bertz CT molecular complexity index is 1340. The highest BCUT2D eigenvalue weighted by Gasteiger charge is 2.40. The van der Waals surface area contributed by atoms with Crippen molar-refractivity contribution < 1.29 is 22.0 Å². The molecule has 0 spiro atoms. The first-order chi connectivity index (χ1) is 14.2. The number of fused-ring (bicyclic) bond motifs is 1. The highest BCUT2D eigenvalue weighted by atomic mass is 32.2. The Hall–Kier alpha value is -3.58. The number of nitriles is 1. The Morgan fingerprint density at radius 1 is 1.13 bits per heavy atom. The highest BCUT2D eigenvalue weighted by molar-refractivity contribution is 7.90. The van der Waals surface area contributed by atoms with Crippen LogP contribution >= 0.6 is 0 Å². The van der Waals surface area contributed by atoms with E-state index in [-0.39, 0.29) is 22.8 Å². The number of hydrogen-bond donors (Lipinski definition) is 0. The summed E-state index contributed by atoms with van der Waals surface area (Å²) in [7, 11) is -3.51. The van der Waals surface area contributed by atoms with Gasteiger partial charge < -0.3 is 0 Å². The van der Waals surface area contributed by atoms with Crippen molar-refractivity contribution in [3.8, 4) is 6.07 Å². The largest absolute Gasteiger partial charge is 0.330 e. The number of halogens is 2. The van der Waals surface area contributed by atoms with Crippen LogP contribution in [-0.4, -0.2) is 38.3 Å². The summed E-state index contributed by atoms with van der Waals surface area (Å²) in [5.74, 6) is -2.16. The van der Waals surface area contributed by atoms with E-state index in [9.17, 15) is 27.3 Å². The number of carbonyl (C=O) groups is 1. The third kappa shape index (κ3) is 3.23. The molecule has 1 aromatic heterocycles. The van der Waals surface area contributed by atoms with Gasteiger partial charge in [-0.2, -0.15) is 5.26 Å². The number of carbonyl (C=O) groups excluding carboxylic acids is 1. The zero-order chi connectivity index (χ0) is 21.6. The molecular formula is C20H14F2N4O3S. The van der Waals surface area contributed by atoms with Crippen LogP contribution in [0, 0.1) is 23.0 Å². The number of amides is 2. The third-order valence-corrected chi connectivity index (χ3v) is 5.98. The molecular weight excluding hydrogens is 414 g/mol. The quantitative estimate of drug-likeness (QED) is 0.638. The van der Waals surface area contributed by atoms with Gasteiger partial charge in [0.15, 0.2) is 21.5 Å². The van der Waals surface area contributed by atoms with Crippen LogP contribution in [0.1, 0.15) is 0 Å². The molecule has 2 aromatic carbocycles. The molecule has 0 radical (unpaired) electrons. The molecule has 152 valence electrons. The van der Waals surface area contributed by atoms with Gasteiger partial charge in [0.05, 0.1) is 29.4 Å². The van der Waals surface area contributed by atoms with Gasteiger partial charge >= 0.3 is 6.03 Å². The molecule has 3 aromatic rings. The molecule has 4 rings (SSSR count). The van der Waals surface area contributed by atoms with Crippen molar-refractivity contribution in [2.45, 2.75) is 10.9 Å². The van der Waals surface area contributed by atoms with Gasteiger partial charge in [-0.3, -0.25) is 14.8 Å². The zero-order valence-corrected chi connectivity index (χ0v) is 16.4. The lowest BCUT2D eigenvalue weighted by Crippen LogP contribution is -2.34. The van der Waals surface area contributed by atoms with Gasteiger partial charge in [-0.1, -0.05) is 6.07 Å². The molecule has 1 fully saturated rings. The van der Waals surface area contributed by atoms with Crippen LogP contribution in [0.4, 0.5) is 25.0 Å². The molecule has 2 amide bonds. The van der Waals surface area contributed by atoms with Gasteiger partial charge in [0.1, 0.15) is 6.04 Å². The van der Waals surface area contributed by atoms with Crippen molar-refractivity contribution in [1.29, 1.82) is 5.26 Å². The molecule has 7 nitrogen and oxygen atoms in total. The fourth-order valence-electron chi connectivity index (χ4n) is 3.38. The summed E-state index contributed by atoms with van der Waals surface area (Å²) in [4.78, 5) is 19.6. The normalized spacial score (nSPS) is 16.9. The first-order valence-corrected chi connectivity index (χ1v) is 10.6. The first-order valence-electron chi connectivity index (χ1n) is 8.74. The standard InChI is InChI=1S/C20H14F2N4O3S/c1-30(28,29)15-4-2-12-9-24-10-19(16(12)7-15)26-14(8-23)11-25(20(26)27)13-3-5-17(21)18(22)6-13/h2-7,9-10,14H,11H2,1H3. The number of benzene rings is 2. The van der Waals surface area contributed by atoms with Crippen molar-refractivity contribution in [2.24, 2.45) is 0 Å². The Morgan fingerprint density at radius 2 is 1.90 bits per heavy atom. The highest BCUT2D eigenvalue weighted by Crippen LogP contribution is 2.34. The summed E-state index contributed by atoms with van der Waals surface area (Å²) in [5, 5.41) is 10.6. The SMILES string of the molecule is CS(=O)(=O)c1ccc2cncc(N3C(=O)N(c4ccc(F)c(F)c4)CC3C#N)c2c1. The molecule has 1 saturated heterocycles. The molecule has 0 bridgehead atoms. The molecule has 10 heteroatoms. The third-order valence-electron chi connectivity index (χ3n) is 4.87. The van der Waals surface area contributed by atoms with Crippen LogP contribution in [0.25, 0.3) is 10.8 Å². The van der Waals surface area contributed by atoms with Gasteiger partial charge in [-0.25, -0.2) is 22.0 Å². The Morgan fingerprint density at radius 3 is 2.57 bits per heavy atom. The summed E-state index contributed by atoms with van der Waals surface area (Å²) >= 11 is 0. The number of nitrogens with zero attached hydrogens (tertiary/aromatic N) is 4. The van der Waals surface area contributed by atoms with Gasteiger partial charge in [0.25, 0.3) is 0 Å². The fraction of sp³-hybridized carbons (Fsp3) is 0.150.